The average molecular weight is 290 g/mol. The molecule has 3 rings (SSSR count). The van der Waals surface area contributed by atoms with Crippen LogP contribution < -0.4 is 15.4 Å². The molecule has 2 N–H and O–H groups in total. The number of anilines is 1. The van der Waals surface area contributed by atoms with Crippen molar-refractivity contribution in [3.63, 3.8) is 0 Å². The number of nitrogens with one attached hydrogen (secondary N) is 2. The van der Waals surface area contributed by atoms with E-state index in [1.807, 2.05) is 0 Å². The van der Waals surface area contributed by atoms with Gasteiger partial charge in [-0.05, 0) is 37.9 Å². The highest BCUT2D eigenvalue weighted by Crippen LogP contribution is 2.27. The molecule has 21 heavy (non-hydrogen) atoms. The van der Waals surface area contributed by atoms with E-state index >= 15 is 0 Å². The number of rotatable bonds is 3. The molecule has 6 nitrogen and oxygen atoms in total. The summed E-state index contributed by atoms with van der Waals surface area (Å²) in [6.07, 6.45) is 6.39. The van der Waals surface area contributed by atoms with Crippen molar-refractivity contribution >= 4 is 11.7 Å². The van der Waals surface area contributed by atoms with Gasteiger partial charge in [0.05, 0.1) is 7.11 Å². The first-order valence-electron chi connectivity index (χ1n) is 7.58. The Morgan fingerprint density at radius 3 is 3.14 bits per heavy atom. The monoisotopic (exact) mass is 290 g/mol. The van der Waals surface area contributed by atoms with E-state index in [-0.39, 0.29) is 12.1 Å². The first-order valence-corrected chi connectivity index (χ1v) is 7.58. The SMILES string of the molecule is COc1ncccc1NC(=O)N[C@H]1CCN2CCCC[C@H]12. The number of pyridine rings is 1. The summed E-state index contributed by atoms with van der Waals surface area (Å²) in [6.45, 7) is 2.26. The summed E-state index contributed by atoms with van der Waals surface area (Å²) in [5.74, 6) is 0.429. The third-order valence-corrected chi connectivity index (χ3v) is 4.39. The molecule has 6 heteroatoms. The molecule has 2 atom stereocenters. The number of nitrogens with zero attached hydrogens (tertiary/aromatic N) is 2. The molecule has 2 aliphatic heterocycles. The Kier molecular flexibility index (Phi) is 4.24. The van der Waals surface area contributed by atoms with Crippen LogP contribution in [0.4, 0.5) is 10.5 Å². The molecule has 2 fully saturated rings. The number of carbonyl (C=O) groups excluding carboxylic acids is 1. The molecule has 0 unspecified atom stereocenters. The molecule has 1 aromatic rings. The van der Waals surface area contributed by atoms with Gasteiger partial charge in [-0.25, -0.2) is 9.78 Å². The van der Waals surface area contributed by atoms with Crippen molar-refractivity contribution in [3.8, 4) is 5.88 Å². The molecule has 2 amide bonds. The van der Waals surface area contributed by atoms with Crippen LogP contribution in [-0.4, -0.2) is 48.2 Å². The maximum absolute atomic E-state index is 12.2. The number of ether oxygens (including phenoxy) is 1. The average Bonchev–Trinajstić information content (AvgIpc) is 2.91. The molecule has 2 aliphatic rings. The number of hydrogen-bond acceptors (Lipinski definition) is 4. The number of methoxy groups -OCH3 is 1. The highest BCUT2D eigenvalue weighted by Gasteiger charge is 2.36. The number of hydrogen-bond donors (Lipinski definition) is 2. The topological polar surface area (TPSA) is 66.5 Å². The Hall–Kier alpha value is -1.82. The number of amides is 2. The second kappa shape index (κ2) is 6.30. The molecule has 3 heterocycles. The van der Waals surface area contributed by atoms with Gasteiger partial charge in [0.25, 0.3) is 0 Å². The van der Waals surface area contributed by atoms with E-state index in [1.54, 1.807) is 25.4 Å². The summed E-state index contributed by atoms with van der Waals surface area (Å²) >= 11 is 0. The highest BCUT2D eigenvalue weighted by atomic mass is 16.5. The molecule has 0 saturated carbocycles. The molecule has 2 saturated heterocycles. The van der Waals surface area contributed by atoms with Crippen LogP contribution in [-0.2, 0) is 0 Å². The molecular weight excluding hydrogens is 268 g/mol. The van der Waals surface area contributed by atoms with E-state index in [0.717, 1.165) is 13.0 Å². The van der Waals surface area contributed by atoms with Crippen LogP contribution in [0.2, 0.25) is 0 Å². The van der Waals surface area contributed by atoms with Gasteiger partial charge in [0.1, 0.15) is 5.69 Å². The first kappa shape index (κ1) is 14.1. The van der Waals surface area contributed by atoms with Gasteiger partial charge in [-0.1, -0.05) is 6.42 Å². The van der Waals surface area contributed by atoms with Crippen molar-refractivity contribution in [3.05, 3.63) is 18.3 Å². The molecule has 114 valence electrons. The Balaban J connectivity index is 1.59. The zero-order valence-electron chi connectivity index (χ0n) is 12.3. The molecule has 0 spiro atoms. The minimum atomic E-state index is -0.182. The van der Waals surface area contributed by atoms with Crippen molar-refractivity contribution in [2.75, 3.05) is 25.5 Å². The molecule has 1 aromatic heterocycles. The maximum Gasteiger partial charge on any atom is 0.319 e. The predicted octanol–water partition coefficient (Wildman–Crippen LogP) is 1.84. The van der Waals surface area contributed by atoms with Gasteiger partial charge in [0.15, 0.2) is 0 Å². The third-order valence-electron chi connectivity index (χ3n) is 4.39. The number of urea groups is 1. The lowest BCUT2D eigenvalue weighted by Gasteiger charge is -2.32. The van der Waals surface area contributed by atoms with Crippen molar-refractivity contribution in [2.24, 2.45) is 0 Å². The van der Waals surface area contributed by atoms with Crippen LogP contribution in [0.25, 0.3) is 0 Å². The normalized spacial score (nSPS) is 25.2. The standard InChI is InChI=1S/C15H22N4O2/c1-21-14-12(5-4-8-16-14)18-15(20)17-11-7-10-19-9-3-2-6-13(11)19/h4-5,8,11,13H,2-3,6-7,9-10H2,1H3,(H2,17,18,20)/t11-,13+/m0/s1. The Morgan fingerprint density at radius 2 is 2.29 bits per heavy atom. The van der Waals surface area contributed by atoms with Gasteiger partial charge in [0.2, 0.25) is 5.88 Å². The predicted molar refractivity (Wildman–Crippen MR) is 80.6 cm³/mol. The lowest BCUT2D eigenvalue weighted by atomic mass is 9.99. The van der Waals surface area contributed by atoms with Gasteiger partial charge >= 0.3 is 6.03 Å². The second-order valence-corrected chi connectivity index (χ2v) is 5.65. The lowest BCUT2D eigenvalue weighted by molar-refractivity contribution is 0.180. The minimum absolute atomic E-state index is 0.182. The largest absolute Gasteiger partial charge is 0.480 e. The van der Waals surface area contributed by atoms with Crippen LogP contribution in [0.5, 0.6) is 5.88 Å². The van der Waals surface area contributed by atoms with Crippen LogP contribution >= 0.6 is 0 Å². The molecule has 0 bridgehead atoms. The van der Waals surface area contributed by atoms with Crippen molar-refractivity contribution in [2.45, 2.75) is 37.8 Å². The smallest absolute Gasteiger partial charge is 0.319 e. The van der Waals surface area contributed by atoms with Crippen molar-refractivity contribution < 1.29 is 9.53 Å². The highest BCUT2D eigenvalue weighted by molar-refractivity contribution is 5.90. The van der Waals surface area contributed by atoms with E-state index in [0.29, 0.717) is 17.6 Å². The minimum Gasteiger partial charge on any atom is -0.480 e. The van der Waals surface area contributed by atoms with Crippen molar-refractivity contribution in [1.29, 1.82) is 0 Å². The number of aromatic nitrogens is 1. The molecule has 0 radical (unpaired) electrons. The first-order chi connectivity index (χ1) is 10.3. The fraction of sp³-hybridized carbons (Fsp3) is 0.600. The summed E-state index contributed by atoms with van der Waals surface area (Å²) < 4.78 is 5.14. The zero-order chi connectivity index (χ0) is 14.7. The zero-order valence-corrected chi connectivity index (χ0v) is 12.3. The molecular formula is C15H22N4O2. The second-order valence-electron chi connectivity index (χ2n) is 5.65. The Bertz CT molecular complexity index is 508. The van der Waals surface area contributed by atoms with Crippen LogP contribution in [0.1, 0.15) is 25.7 Å². The number of carbonyl (C=O) groups is 1. The van der Waals surface area contributed by atoms with E-state index in [1.165, 1.54) is 25.8 Å². The Labute approximate surface area is 124 Å². The van der Waals surface area contributed by atoms with E-state index in [2.05, 4.69) is 20.5 Å². The summed E-state index contributed by atoms with van der Waals surface area (Å²) in [5.41, 5.74) is 0.594. The van der Waals surface area contributed by atoms with Crippen molar-refractivity contribution in [1.82, 2.24) is 15.2 Å². The summed E-state index contributed by atoms with van der Waals surface area (Å²) in [4.78, 5) is 18.8. The summed E-state index contributed by atoms with van der Waals surface area (Å²) in [7, 11) is 1.54. The third kappa shape index (κ3) is 3.10. The van der Waals surface area contributed by atoms with Gasteiger partial charge in [0, 0.05) is 24.8 Å². The summed E-state index contributed by atoms with van der Waals surface area (Å²) in [6, 6.07) is 4.12. The van der Waals surface area contributed by atoms with Crippen LogP contribution in [0, 0.1) is 0 Å². The van der Waals surface area contributed by atoms with Gasteiger partial charge < -0.3 is 15.4 Å². The van der Waals surface area contributed by atoms with E-state index < -0.39 is 0 Å². The maximum atomic E-state index is 12.2. The van der Waals surface area contributed by atoms with Gasteiger partial charge in [-0.2, -0.15) is 0 Å². The Morgan fingerprint density at radius 1 is 1.38 bits per heavy atom. The van der Waals surface area contributed by atoms with E-state index in [4.69, 9.17) is 4.74 Å². The number of fused-ring (bicyclic) bond motifs is 1. The molecule has 0 aromatic carbocycles. The summed E-state index contributed by atoms with van der Waals surface area (Å²) in [5, 5.41) is 5.93. The quantitative estimate of drug-likeness (QED) is 0.891. The van der Waals surface area contributed by atoms with E-state index in [9.17, 15) is 4.79 Å². The molecule has 0 aliphatic carbocycles. The number of piperidine rings is 1. The lowest BCUT2D eigenvalue weighted by Crippen LogP contribution is -2.47. The van der Waals surface area contributed by atoms with Crippen LogP contribution in [0.15, 0.2) is 18.3 Å². The van der Waals surface area contributed by atoms with Gasteiger partial charge in [-0.3, -0.25) is 4.90 Å². The van der Waals surface area contributed by atoms with Gasteiger partial charge in [-0.15, -0.1) is 0 Å². The van der Waals surface area contributed by atoms with Crippen LogP contribution in [0.3, 0.4) is 0 Å². The fourth-order valence-corrected chi connectivity index (χ4v) is 3.39. The fourth-order valence-electron chi connectivity index (χ4n) is 3.39.